The third kappa shape index (κ3) is 3.74. The lowest BCUT2D eigenvalue weighted by molar-refractivity contribution is -0.0684. The monoisotopic (exact) mass is 315 g/mol. The van der Waals surface area contributed by atoms with Gasteiger partial charge in [0, 0.05) is 24.2 Å². The second kappa shape index (κ2) is 7.70. The summed E-state index contributed by atoms with van der Waals surface area (Å²) in [5, 5.41) is 0. The predicted molar refractivity (Wildman–Crippen MR) is 97.2 cm³/mol. The summed E-state index contributed by atoms with van der Waals surface area (Å²) in [6.07, 6.45) is 18.7. The molecule has 0 amide bonds. The van der Waals surface area contributed by atoms with Crippen LogP contribution in [0.25, 0.3) is 0 Å². The zero-order chi connectivity index (χ0) is 16.2. The standard InChI is InChI=1S/C21H33NO/c1-4-5-8-13-22(16(2)3)18-12-11-17-15-23-21-10-7-6-9-19(21)20(17)14-18/h6-7,11-12,14,16-17,19-21H,4-5,8-10,13,15H2,1-3H3. The molecule has 0 aromatic heterocycles. The molecule has 23 heavy (non-hydrogen) atoms. The van der Waals surface area contributed by atoms with E-state index in [0.717, 1.165) is 13.0 Å². The molecule has 0 bridgehead atoms. The van der Waals surface area contributed by atoms with E-state index in [1.54, 1.807) is 0 Å². The molecular weight excluding hydrogens is 282 g/mol. The first-order valence-electron chi connectivity index (χ1n) is 9.64. The van der Waals surface area contributed by atoms with E-state index in [2.05, 4.69) is 56.1 Å². The van der Waals surface area contributed by atoms with Crippen LogP contribution in [0.4, 0.5) is 0 Å². The van der Waals surface area contributed by atoms with Crippen LogP contribution in [0.5, 0.6) is 0 Å². The summed E-state index contributed by atoms with van der Waals surface area (Å²) in [6, 6.07) is 0.571. The molecule has 2 heteroatoms. The van der Waals surface area contributed by atoms with Gasteiger partial charge in [-0.05, 0) is 51.0 Å². The Hall–Kier alpha value is -1.02. The Labute approximate surface area is 142 Å². The highest BCUT2D eigenvalue weighted by Crippen LogP contribution is 2.42. The van der Waals surface area contributed by atoms with E-state index in [1.807, 2.05) is 0 Å². The molecule has 1 heterocycles. The van der Waals surface area contributed by atoms with Crippen molar-refractivity contribution >= 4 is 0 Å². The maximum absolute atomic E-state index is 6.13. The van der Waals surface area contributed by atoms with Crippen LogP contribution in [0.1, 0.15) is 52.9 Å². The van der Waals surface area contributed by atoms with Gasteiger partial charge in [0.05, 0.1) is 12.7 Å². The van der Waals surface area contributed by atoms with Crippen LogP contribution in [-0.4, -0.2) is 30.2 Å². The maximum atomic E-state index is 6.13. The van der Waals surface area contributed by atoms with Crippen molar-refractivity contribution in [3.8, 4) is 0 Å². The Morgan fingerprint density at radius 3 is 2.83 bits per heavy atom. The summed E-state index contributed by atoms with van der Waals surface area (Å²) in [5.41, 5.74) is 1.45. The van der Waals surface area contributed by atoms with Crippen LogP contribution >= 0.6 is 0 Å². The molecule has 1 fully saturated rings. The Bertz CT molecular complexity index is 476. The minimum absolute atomic E-state index is 0.442. The molecular formula is C21H33NO. The van der Waals surface area contributed by atoms with E-state index in [-0.39, 0.29) is 0 Å². The number of nitrogens with zero attached hydrogens (tertiary/aromatic N) is 1. The number of rotatable bonds is 6. The van der Waals surface area contributed by atoms with E-state index in [0.29, 0.717) is 29.9 Å². The lowest BCUT2D eigenvalue weighted by Crippen LogP contribution is -2.43. The lowest BCUT2D eigenvalue weighted by atomic mass is 9.70. The van der Waals surface area contributed by atoms with Crippen molar-refractivity contribution in [3.63, 3.8) is 0 Å². The van der Waals surface area contributed by atoms with Gasteiger partial charge in [-0.3, -0.25) is 0 Å². The molecule has 2 nitrogen and oxygen atoms in total. The topological polar surface area (TPSA) is 12.5 Å². The lowest BCUT2D eigenvalue weighted by Gasteiger charge is -2.44. The molecule has 4 unspecified atom stereocenters. The Morgan fingerprint density at radius 2 is 2.04 bits per heavy atom. The van der Waals surface area contributed by atoms with Gasteiger partial charge in [-0.2, -0.15) is 0 Å². The van der Waals surface area contributed by atoms with Crippen LogP contribution in [0.3, 0.4) is 0 Å². The van der Waals surface area contributed by atoms with E-state index in [1.165, 1.54) is 37.9 Å². The highest BCUT2D eigenvalue weighted by molar-refractivity contribution is 5.27. The largest absolute Gasteiger partial charge is 0.377 e. The van der Waals surface area contributed by atoms with Gasteiger partial charge in [0.15, 0.2) is 0 Å². The van der Waals surface area contributed by atoms with Crippen LogP contribution in [0.15, 0.2) is 36.1 Å². The minimum Gasteiger partial charge on any atom is -0.377 e. The molecule has 2 aliphatic carbocycles. The molecule has 0 aromatic carbocycles. The van der Waals surface area contributed by atoms with Gasteiger partial charge in [-0.1, -0.05) is 44.1 Å². The van der Waals surface area contributed by atoms with Crippen LogP contribution in [0, 0.1) is 17.8 Å². The Morgan fingerprint density at radius 1 is 1.22 bits per heavy atom. The first kappa shape index (κ1) is 16.8. The number of allylic oxidation sites excluding steroid dienone is 3. The number of unbranched alkanes of at least 4 members (excludes halogenated alkanes) is 2. The first-order valence-corrected chi connectivity index (χ1v) is 9.64. The average molecular weight is 316 g/mol. The van der Waals surface area contributed by atoms with Crippen molar-refractivity contribution < 1.29 is 4.74 Å². The summed E-state index contributed by atoms with van der Waals surface area (Å²) in [5.74, 6) is 1.91. The molecule has 4 atom stereocenters. The molecule has 0 saturated carbocycles. The van der Waals surface area contributed by atoms with E-state index in [4.69, 9.17) is 4.74 Å². The van der Waals surface area contributed by atoms with Crippen LogP contribution < -0.4 is 0 Å². The fraction of sp³-hybridized carbons (Fsp3) is 0.714. The summed E-state index contributed by atoms with van der Waals surface area (Å²) in [6.45, 7) is 9.01. The fourth-order valence-corrected chi connectivity index (χ4v) is 4.39. The van der Waals surface area contributed by atoms with Gasteiger partial charge in [0.25, 0.3) is 0 Å². The smallest absolute Gasteiger partial charge is 0.0646 e. The van der Waals surface area contributed by atoms with Gasteiger partial charge in [0.1, 0.15) is 0 Å². The maximum Gasteiger partial charge on any atom is 0.0646 e. The quantitative estimate of drug-likeness (QED) is 0.508. The highest BCUT2D eigenvalue weighted by atomic mass is 16.5. The molecule has 0 N–H and O–H groups in total. The van der Waals surface area contributed by atoms with E-state index in [9.17, 15) is 0 Å². The van der Waals surface area contributed by atoms with Crippen molar-refractivity contribution in [3.05, 3.63) is 36.1 Å². The summed E-state index contributed by atoms with van der Waals surface area (Å²) >= 11 is 0. The molecule has 0 spiro atoms. The zero-order valence-corrected chi connectivity index (χ0v) is 15.1. The average Bonchev–Trinajstić information content (AvgIpc) is 2.58. The van der Waals surface area contributed by atoms with E-state index >= 15 is 0 Å². The van der Waals surface area contributed by atoms with Crippen LogP contribution in [0.2, 0.25) is 0 Å². The van der Waals surface area contributed by atoms with Gasteiger partial charge < -0.3 is 9.64 Å². The molecule has 3 rings (SSSR count). The number of ether oxygens (including phenoxy) is 1. The van der Waals surface area contributed by atoms with Gasteiger partial charge in [-0.15, -0.1) is 0 Å². The molecule has 1 aliphatic heterocycles. The third-order valence-electron chi connectivity index (χ3n) is 5.75. The van der Waals surface area contributed by atoms with Crippen molar-refractivity contribution in [2.75, 3.05) is 13.2 Å². The molecule has 128 valence electrons. The summed E-state index contributed by atoms with van der Waals surface area (Å²) < 4.78 is 6.13. The van der Waals surface area contributed by atoms with Crippen molar-refractivity contribution in [2.45, 2.75) is 65.0 Å². The van der Waals surface area contributed by atoms with Crippen molar-refractivity contribution in [2.24, 2.45) is 17.8 Å². The zero-order valence-electron chi connectivity index (χ0n) is 15.1. The Balaban J connectivity index is 1.75. The number of hydrogen-bond donors (Lipinski definition) is 0. The van der Waals surface area contributed by atoms with Gasteiger partial charge in [-0.25, -0.2) is 0 Å². The van der Waals surface area contributed by atoms with Gasteiger partial charge >= 0.3 is 0 Å². The second-order valence-corrected chi connectivity index (χ2v) is 7.66. The SMILES string of the molecule is CCCCCN(C1=CC2C(C=C1)COC1CC=CCC12)C(C)C. The minimum atomic E-state index is 0.442. The van der Waals surface area contributed by atoms with Crippen LogP contribution in [-0.2, 0) is 4.74 Å². The van der Waals surface area contributed by atoms with E-state index < -0.39 is 0 Å². The summed E-state index contributed by atoms with van der Waals surface area (Å²) in [4.78, 5) is 2.60. The second-order valence-electron chi connectivity index (χ2n) is 7.66. The fourth-order valence-electron chi connectivity index (χ4n) is 4.39. The molecule has 0 aromatic rings. The molecule has 0 radical (unpaired) electrons. The Kier molecular flexibility index (Phi) is 5.63. The molecule has 3 aliphatic rings. The number of hydrogen-bond acceptors (Lipinski definition) is 2. The highest BCUT2D eigenvalue weighted by Gasteiger charge is 2.39. The first-order chi connectivity index (χ1) is 11.2. The van der Waals surface area contributed by atoms with Crippen molar-refractivity contribution in [1.82, 2.24) is 4.90 Å². The third-order valence-corrected chi connectivity index (χ3v) is 5.75. The summed E-state index contributed by atoms with van der Waals surface area (Å²) in [7, 11) is 0. The number of fused-ring (bicyclic) bond motifs is 3. The van der Waals surface area contributed by atoms with Gasteiger partial charge in [0.2, 0.25) is 0 Å². The van der Waals surface area contributed by atoms with Crippen molar-refractivity contribution in [1.29, 1.82) is 0 Å². The predicted octanol–water partition coefficient (Wildman–Crippen LogP) is 4.94. The molecule has 1 saturated heterocycles. The normalized spacial score (nSPS) is 32.4.